The number of hydrogen-bond donors (Lipinski definition) is 1. The summed E-state index contributed by atoms with van der Waals surface area (Å²) in [6, 6.07) is 8.25. The van der Waals surface area contributed by atoms with Crippen LogP contribution in [0.5, 0.6) is 0 Å². The van der Waals surface area contributed by atoms with Gasteiger partial charge in [-0.25, -0.2) is 4.79 Å². The van der Waals surface area contributed by atoms with Crippen LogP contribution in [0.25, 0.3) is 0 Å². The number of nitrogens with one attached hydrogen (secondary N) is 1. The Labute approximate surface area is 175 Å². The highest BCUT2D eigenvalue weighted by Gasteiger charge is 2.22. The van der Waals surface area contributed by atoms with E-state index in [1.54, 1.807) is 55.7 Å². The Morgan fingerprint density at radius 2 is 1.77 bits per heavy atom. The third-order valence-electron chi connectivity index (χ3n) is 4.60. The maximum Gasteiger partial charge on any atom is 0.339 e. The zero-order chi connectivity index (χ0) is 22.4. The number of anilines is 1. The van der Waals surface area contributed by atoms with Gasteiger partial charge in [-0.2, -0.15) is 0 Å². The molecule has 1 aromatic heterocycles. The average molecular weight is 414 g/mol. The number of amides is 1. The van der Waals surface area contributed by atoms with E-state index in [9.17, 15) is 19.2 Å². The maximum atomic E-state index is 12.4. The minimum Gasteiger partial charge on any atom is -0.462 e. The van der Waals surface area contributed by atoms with Crippen molar-refractivity contribution in [3.8, 4) is 0 Å². The fourth-order valence-corrected chi connectivity index (χ4v) is 3.01. The number of rotatable bonds is 8. The van der Waals surface area contributed by atoms with E-state index in [0.29, 0.717) is 28.2 Å². The number of esters is 2. The summed E-state index contributed by atoms with van der Waals surface area (Å²) in [4.78, 5) is 48.5. The van der Waals surface area contributed by atoms with Crippen LogP contribution in [0.1, 0.15) is 52.9 Å². The van der Waals surface area contributed by atoms with E-state index >= 15 is 0 Å². The molecule has 160 valence electrons. The van der Waals surface area contributed by atoms with Crippen molar-refractivity contribution in [1.82, 2.24) is 4.57 Å². The normalized spacial score (nSPS) is 11.5. The van der Waals surface area contributed by atoms with Crippen LogP contribution in [0.4, 0.5) is 5.69 Å². The van der Waals surface area contributed by atoms with Gasteiger partial charge in [0, 0.05) is 17.0 Å². The summed E-state index contributed by atoms with van der Waals surface area (Å²) in [6.45, 7) is 8.14. The molecule has 8 nitrogen and oxygen atoms in total. The van der Waals surface area contributed by atoms with Crippen LogP contribution in [0.3, 0.4) is 0 Å². The highest BCUT2D eigenvalue weighted by Crippen LogP contribution is 2.18. The zero-order valence-corrected chi connectivity index (χ0v) is 17.8. The topological polar surface area (TPSA) is 104 Å². The molecule has 0 aliphatic rings. The molecule has 1 amide bonds. The van der Waals surface area contributed by atoms with Crippen LogP contribution in [0, 0.1) is 13.8 Å². The second-order valence-corrected chi connectivity index (χ2v) is 6.81. The molecule has 0 spiro atoms. The first-order chi connectivity index (χ1) is 14.1. The lowest BCUT2D eigenvalue weighted by Crippen LogP contribution is -2.31. The molecule has 8 heteroatoms. The lowest BCUT2D eigenvalue weighted by atomic mass is 10.1. The van der Waals surface area contributed by atoms with E-state index in [2.05, 4.69) is 5.32 Å². The second-order valence-electron chi connectivity index (χ2n) is 6.81. The van der Waals surface area contributed by atoms with Crippen LogP contribution < -0.4 is 5.32 Å². The Hall–Kier alpha value is -3.42. The summed E-state index contributed by atoms with van der Waals surface area (Å²) in [5, 5.41) is 2.61. The maximum absolute atomic E-state index is 12.4. The Balaban J connectivity index is 2.04. The quantitative estimate of drug-likeness (QED) is 0.526. The van der Waals surface area contributed by atoms with Crippen LogP contribution >= 0.6 is 0 Å². The van der Waals surface area contributed by atoms with Crippen molar-refractivity contribution >= 4 is 29.3 Å². The fourth-order valence-electron chi connectivity index (χ4n) is 3.01. The SMILES string of the molecule is CCOC(=O)c1cc(C)n(CC(=O)O[C@H](C)C(=O)Nc2ccccc2C(C)=O)c1C. The molecule has 1 heterocycles. The smallest absolute Gasteiger partial charge is 0.339 e. The van der Waals surface area contributed by atoms with Crippen molar-refractivity contribution in [2.45, 2.75) is 47.3 Å². The van der Waals surface area contributed by atoms with Gasteiger partial charge < -0.3 is 19.4 Å². The standard InChI is InChI=1S/C22H26N2O6/c1-6-29-22(28)18-11-13(2)24(14(18)3)12-20(26)30-16(5)21(27)23-19-10-8-7-9-17(19)15(4)25/h7-11,16H,6,12H2,1-5H3,(H,23,27)/t16-/m1/s1. The van der Waals surface area contributed by atoms with E-state index in [-0.39, 0.29) is 18.9 Å². The summed E-state index contributed by atoms with van der Waals surface area (Å²) in [5.74, 6) is -1.83. The van der Waals surface area contributed by atoms with Gasteiger partial charge in [-0.15, -0.1) is 0 Å². The third kappa shape index (κ3) is 5.34. The molecule has 1 aromatic carbocycles. The second kappa shape index (κ2) is 9.87. The summed E-state index contributed by atoms with van der Waals surface area (Å²) in [5.41, 5.74) is 2.38. The van der Waals surface area contributed by atoms with Crippen LogP contribution in [0.15, 0.2) is 30.3 Å². The molecule has 1 atom stereocenters. The fraction of sp³-hybridized carbons (Fsp3) is 0.364. The number of hydrogen-bond acceptors (Lipinski definition) is 6. The van der Waals surface area contributed by atoms with Gasteiger partial charge in [0.2, 0.25) is 0 Å². The number of carbonyl (C=O) groups is 4. The molecule has 0 bridgehead atoms. The third-order valence-corrected chi connectivity index (χ3v) is 4.60. The van der Waals surface area contributed by atoms with Crippen LogP contribution in [-0.4, -0.2) is 40.9 Å². The monoisotopic (exact) mass is 414 g/mol. The van der Waals surface area contributed by atoms with Gasteiger partial charge in [0.15, 0.2) is 11.9 Å². The first kappa shape index (κ1) is 22.9. The van der Waals surface area contributed by atoms with Gasteiger partial charge >= 0.3 is 11.9 Å². The molecule has 0 aliphatic heterocycles. The molecule has 2 rings (SSSR count). The van der Waals surface area contributed by atoms with Crippen molar-refractivity contribution in [3.05, 3.63) is 52.8 Å². The highest BCUT2D eigenvalue weighted by atomic mass is 16.5. The number of ether oxygens (including phenoxy) is 2. The number of nitrogens with zero attached hydrogens (tertiary/aromatic N) is 1. The largest absolute Gasteiger partial charge is 0.462 e. The van der Waals surface area contributed by atoms with Crippen molar-refractivity contribution < 1.29 is 28.7 Å². The summed E-state index contributed by atoms with van der Waals surface area (Å²) >= 11 is 0. The van der Waals surface area contributed by atoms with Crippen LogP contribution in [0.2, 0.25) is 0 Å². The summed E-state index contributed by atoms with van der Waals surface area (Å²) in [6.07, 6.45) is -1.07. The summed E-state index contributed by atoms with van der Waals surface area (Å²) in [7, 11) is 0. The zero-order valence-electron chi connectivity index (χ0n) is 17.8. The Morgan fingerprint density at radius 1 is 1.10 bits per heavy atom. The van der Waals surface area contributed by atoms with Gasteiger partial charge in [-0.3, -0.25) is 14.4 Å². The van der Waals surface area contributed by atoms with E-state index in [0.717, 1.165) is 0 Å². The molecule has 0 saturated heterocycles. The highest BCUT2D eigenvalue weighted by molar-refractivity contribution is 6.04. The van der Waals surface area contributed by atoms with E-state index in [1.165, 1.54) is 13.8 Å². The predicted octanol–water partition coefficient (Wildman–Crippen LogP) is 3.05. The molecule has 0 radical (unpaired) electrons. The number of benzene rings is 1. The van der Waals surface area contributed by atoms with Crippen LogP contribution in [-0.2, 0) is 25.6 Å². The van der Waals surface area contributed by atoms with Gasteiger partial charge in [0.05, 0.1) is 17.9 Å². The molecule has 0 aliphatic carbocycles. The first-order valence-electron chi connectivity index (χ1n) is 9.59. The molecule has 0 fully saturated rings. The molecular formula is C22H26N2O6. The lowest BCUT2D eigenvalue weighted by molar-refractivity contribution is -0.153. The Kier molecular flexibility index (Phi) is 7.52. The number of aromatic nitrogens is 1. The lowest BCUT2D eigenvalue weighted by Gasteiger charge is -2.16. The average Bonchev–Trinajstić information content (AvgIpc) is 2.96. The van der Waals surface area contributed by atoms with Gasteiger partial charge in [0.1, 0.15) is 6.54 Å². The first-order valence-corrected chi connectivity index (χ1v) is 9.59. The Morgan fingerprint density at radius 3 is 2.40 bits per heavy atom. The van der Waals surface area contributed by atoms with E-state index < -0.39 is 23.9 Å². The van der Waals surface area contributed by atoms with Crippen molar-refractivity contribution in [3.63, 3.8) is 0 Å². The van der Waals surface area contributed by atoms with Crippen molar-refractivity contribution in [1.29, 1.82) is 0 Å². The van der Waals surface area contributed by atoms with E-state index in [1.807, 2.05) is 0 Å². The Bertz CT molecular complexity index is 976. The van der Waals surface area contributed by atoms with Crippen molar-refractivity contribution in [2.24, 2.45) is 0 Å². The predicted molar refractivity (Wildman–Crippen MR) is 110 cm³/mol. The van der Waals surface area contributed by atoms with Gasteiger partial charge in [-0.05, 0) is 52.8 Å². The van der Waals surface area contributed by atoms with Gasteiger partial charge in [-0.1, -0.05) is 12.1 Å². The number of carbonyl (C=O) groups excluding carboxylic acids is 4. The number of ketones is 1. The van der Waals surface area contributed by atoms with Gasteiger partial charge in [0.25, 0.3) is 5.91 Å². The minimum absolute atomic E-state index is 0.154. The summed E-state index contributed by atoms with van der Waals surface area (Å²) < 4.78 is 11.9. The molecule has 1 N–H and O–H groups in total. The number of Topliss-reactive ketones (excluding diaryl/α,β-unsaturated/α-hetero) is 1. The van der Waals surface area contributed by atoms with Crippen molar-refractivity contribution in [2.75, 3.05) is 11.9 Å². The molecule has 30 heavy (non-hydrogen) atoms. The molecule has 2 aromatic rings. The van der Waals surface area contributed by atoms with E-state index in [4.69, 9.17) is 9.47 Å². The number of aryl methyl sites for hydroxylation is 1. The molecule has 0 unspecified atom stereocenters. The minimum atomic E-state index is -1.07. The molecule has 0 saturated carbocycles. The number of para-hydroxylation sites is 1. The molecular weight excluding hydrogens is 388 g/mol.